The Labute approximate surface area is 232 Å². The van der Waals surface area contributed by atoms with E-state index in [0.29, 0.717) is 41.3 Å². The van der Waals surface area contributed by atoms with E-state index in [1.165, 1.54) is 33.6 Å². The number of hydrogen-bond acceptors (Lipinski definition) is 6. The maximum absolute atomic E-state index is 13.3. The lowest BCUT2D eigenvalue weighted by Gasteiger charge is -2.32. The minimum atomic E-state index is -3.90. The Bertz CT molecular complexity index is 1550. The molecule has 2 aliphatic heterocycles. The van der Waals surface area contributed by atoms with Crippen LogP contribution in [0.5, 0.6) is 5.75 Å². The maximum Gasteiger partial charge on any atom is 0.329 e. The number of hydrazone groups is 1. The minimum absolute atomic E-state index is 0.0788. The predicted molar refractivity (Wildman–Crippen MR) is 150 cm³/mol. The minimum Gasteiger partial charge on any atom is -0.425 e. The van der Waals surface area contributed by atoms with Crippen LogP contribution in [0.2, 0.25) is 5.02 Å². The molecule has 3 aromatic rings. The predicted octanol–water partition coefficient (Wildman–Crippen LogP) is 5.29. The SMILES string of the molecule is CC1=NN(c2ccccc2)C(=O)/C1=C\c1ccc(OC(=O)C2CCCCN2S(=O)(=O)c2ccc(Cl)cc2)cc1. The highest BCUT2D eigenvalue weighted by molar-refractivity contribution is 7.89. The zero-order valence-corrected chi connectivity index (χ0v) is 22.7. The fourth-order valence-corrected chi connectivity index (χ4v) is 6.35. The summed E-state index contributed by atoms with van der Waals surface area (Å²) in [7, 11) is -3.90. The average Bonchev–Trinajstić information content (AvgIpc) is 3.23. The third-order valence-electron chi connectivity index (χ3n) is 6.62. The molecule has 0 aliphatic carbocycles. The van der Waals surface area contributed by atoms with Gasteiger partial charge in [-0.2, -0.15) is 14.4 Å². The molecular weight excluding hydrogens is 538 g/mol. The largest absolute Gasteiger partial charge is 0.425 e. The molecule has 2 heterocycles. The summed E-state index contributed by atoms with van der Waals surface area (Å²) in [5.41, 5.74) is 2.47. The molecule has 1 fully saturated rings. The van der Waals surface area contributed by atoms with Crippen molar-refractivity contribution in [2.24, 2.45) is 5.10 Å². The molecule has 0 radical (unpaired) electrons. The number of para-hydroxylation sites is 1. The normalized spacial score (nSPS) is 19.3. The van der Waals surface area contributed by atoms with Crippen LogP contribution in [-0.4, -0.2) is 42.9 Å². The number of ether oxygens (including phenoxy) is 1. The van der Waals surface area contributed by atoms with E-state index in [1.54, 1.807) is 37.3 Å². The number of halogens is 1. The molecule has 39 heavy (non-hydrogen) atoms. The van der Waals surface area contributed by atoms with Crippen molar-refractivity contribution in [3.8, 4) is 5.75 Å². The zero-order valence-electron chi connectivity index (χ0n) is 21.2. The number of amides is 1. The van der Waals surface area contributed by atoms with Crippen LogP contribution in [0, 0.1) is 0 Å². The van der Waals surface area contributed by atoms with Gasteiger partial charge in [-0.05, 0) is 86.4 Å². The van der Waals surface area contributed by atoms with Crippen LogP contribution in [0.4, 0.5) is 5.69 Å². The lowest BCUT2D eigenvalue weighted by atomic mass is 10.1. The molecule has 0 N–H and O–H groups in total. The fraction of sp³-hybridized carbons (Fsp3) is 0.207. The van der Waals surface area contributed by atoms with E-state index in [1.807, 2.05) is 30.3 Å². The van der Waals surface area contributed by atoms with Crippen LogP contribution < -0.4 is 9.75 Å². The first-order chi connectivity index (χ1) is 18.7. The van der Waals surface area contributed by atoms with Gasteiger partial charge in [-0.25, -0.2) is 13.2 Å². The smallest absolute Gasteiger partial charge is 0.329 e. The van der Waals surface area contributed by atoms with Crippen molar-refractivity contribution >= 4 is 51.0 Å². The molecule has 3 aromatic carbocycles. The lowest BCUT2D eigenvalue weighted by Crippen LogP contribution is -2.49. The summed E-state index contributed by atoms with van der Waals surface area (Å²) in [5, 5.41) is 6.17. The summed E-state index contributed by atoms with van der Waals surface area (Å²) in [6, 6.07) is 20.8. The number of sulfonamides is 1. The molecule has 10 heteroatoms. The Balaban J connectivity index is 1.29. The maximum atomic E-state index is 13.3. The van der Waals surface area contributed by atoms with Gasteiger partial charge in [-0.3, -0.25) is 4.79 Å². The Morgan fingerprint density at radius 3 is 2.38 bits per heavy atom. The van der Waals surface area contributed by atoms with Gasteiger partial charge in [0, 0.05) is 11.6 Å². The van der Waals surface area contributed by atoms with Gasteiger partial charge >= 0.3 is 5.97 Å². The van der Waals surface area contributed by atoms with Crippen LogP contribution in [0.1, 0.15) is 31.7 Å². The number of hydrogen-bond donors (Lipinski definition) is 0. The first-order valence-electron chi connectivity index (χ1n) is 12.5. The van der Waals surface area contributed by atoms with Gasteiger partial charge in [0.15, 0.2) is 0 Å². The van der Waals surface area contributed by atoms with Crippen LogP contribution >= 0.6 is 11.6 Å². The molecule has 0 saturated carbocycles. The van der Waals surface area contributed by atoms with Crippen molar-refractivity contribution in [1.29, 1.82) is 0 Å². The second-order valence-electron chi connectivity index (χ2n) is 9.27. The molecule has 1 saturated heterocycles. The number of piperidine rings is 1. The van der Waals surface area contributed by atoms with Crippen molar-refractivity contribution in [2.75, 3.05) is 11.6 Å². The van der Waals surface area contributed by atoms with Crippen molar-refractivity contribution in [2.45, 2.75) is 37.1 Å². The lowest BCUT2D eigenvalue weighted by molar-refractivity contribution is -0.139. The van der Waals surface area contributed by atoms with Gasteiger partial charge in [0.1, 0.15) is 11.8 Å². The molecule has 200 valence electrons. The van der Waals surface area contributed by atoms with E-state index in [4.69, 9.17) is 16.3 Å². The summed E-state index contributed by atoms with van der Waals surface area (Å²) in [6.45, 7) is 2.00. The summed E-state index contributed by atoms with van der Waals surface area (Å²) in [6.07, 6.45) is 3.47. The monoisotopic (exact) mass is 563 g/mol. The Morgan fingerprint density at radius 1 is 1.00 bits per heavy atom. The molecule has 5 rings (SSSR count). The third-order valence-corrected chi connectivity index (χ3v) is 8.79. The van der Waals surface area contributed by atoms with Gasteiger partial charge in [-0.1, -0.05) is 41.9 Å². The Kier molecular flexibility index (Phi) is 7.65. The number of esters is 1. The number of anilines is 1. The van der Waals surface area contributed by atoms with E-state index >= 15 is 0 Å². The number of rotatable bonds is 6. The highest BCUT2D eigenvalue weighted by atomic mass is 35.5. The Hall–Kier alpha value is -3.79. The van der Waals surface area contributed by atoms with Gasteiger partial charge < -0.3 is 4.74 Å². The first kappa shape index (κ1) is 26.8. The quantitative estimate of drug-likeness (QED) is 0.230. The highest BCUT2D eigenvalue weighted by Gasteiger charge is 2.39. The first-order valence-corrected chi connectivity index (χ1v) is 14.3. The molecule has 0 spiro atoms. The second-order valence-corrected chi connectivity index (χ2v) is 11.6. The summed E-state index contributed by atoms with van der Waals surface area (Å²) in [5.74, 6) is -0.579. The second kappa shape index (κ2) is 11.1. The summed E-state index contributed by atoms with van der Waals surface area (Å²) in [4.78, 5) is 26.1. The number of carbonyl (C=O) groups is 2. The van der Waals surface area contributed by atoms with E-state index in [2.05, 4.69) is 5.10 Å². The van der Waals surface area contributed by atoms with Crippen LogP contribution in [0.3, 0.4) is 0 Å². The standard InChI is InChI=1S/C29H26ClN3O5S/c1-20-26(28(34)33(31-20)23-7-3-2-4-8-23)19-21-10-14-24(15-11-21)38-29(35)27-9-5-6-18-32(27)39(36,37)25-16-12-22(30)13-17-25/h2-4,7-8,10-17,19,27H,5-6,9,18H2,1H3/b26-19-. The summed E-state index contributed by atoms with van der Waals surface area (Å²) >= 11 is 5.91. The van der Waals surface area contributed by atoms with Crippen molar-refractivity contribution in [3.05, 3.63) is 95.0 Å². The van der Waals surface area contributed by atoms with E-state index in [0.717, 1.165) is 5.56 Å². The molecule has 1 amide bonds. The van der Waals surface area contributed by atoms with Crippen LogP contribution in [-0.2, 0) is 19.6 Å². The molecule has 1 unspecified atom stereocenters. The van der Waals surface area contributed by atoms with Crippen molar-refractivity contribution in [3.63, 3.8) is 0 Å². The van der Waals surface area contributed by atoms with Gasteiger partial charge in [0.25, 0.3) is 5.91 Å². The number of nitrogens with zero attached hydrogens (tertiary/aromatic N) is 3. The molecular formula is C29H26ClN3O5S. The van der Waals surface area contributed by atoms with E-state index < -0.39 is 22.0 Å². The van der Waals surface area contributed by atoms with Crippen molar-refractivity contribution < 1.29 is 22.7 Å². The molecule has 1 atom stereocenters. The number of benzene rings is 3. The Morgan fingerprint density at radius 2 is 1.69 bits per heavy atom. The number of carbonyl (C=O) groups excluding carboxylic acids is 2. The molecule has 8 nitrogen and oxygen atoms in total. The fourth-order valence-electron chi connectivity index (χ4n) is 4.58. The molecule has 2 aliphatic rings. The molecule has 0 aromatic heterocycles. The van der Waals surface area contributed by atoms with Crippen LogP contribution in [0.15, 0.2) is 94.4 Å². The van der Waals surface area contributed by atoms with Crippen LogP contribution in [0.25, 0.3) is 6.08 Å². The van der Waals surface area contributed by atoms with Gasteiger partial charge in [0.05, 0.1) is 21.9 Å². The van der Waals surface area contributed by atoms with Gasteiger partial charge in [0.2, 0.25) is 10.0 Å². The van der Waals surface area contributed by atoms with Crippen molar-refractivity contribution in [1.82, 2.24) is 4.31 Å². The van der Waals surface area contributed by atoms with Gasteiger partial charge in [-0.15, -0.1) is 0 Å². The molecule has 0 bridgehead atoms. The highest BCUT2D eigenvalue weighted by Crippen LogP contribution is 2.28. The van der Waals surface area contributed by atoms with E-state index in [-0.39, 0.29) is 23.1 Å². The topological polar surface area (TPSA) is 96.3 Å². The zero-order chi connectivity index (χ0) is 27.6. The van der Waals surface area contributed by atoms with E-state index in [9.17, 15) is 18.0 Å². The third kappa shape index (κ3) is 5.66. The average molecular weight is 564 g/mol. The summed E-state index contributed by atoms with van der Waals surface area (Å²) < 4.78 is 33.3.